The minimum Gasteiger partial charge on any atom is -0.396 e. The van der Waals surface area contributed by atoms with Crippen molar-refractivity contribution < 1.29 is 0 Å². The van der Waals surface area contributed by atoms with Crippen molar-refractivity contribution in [2.45, 2.75) is 0 Å². The zero-order valence-corrected chi connectivity index (χ0v) is 11.3. The van der Waals surface area contributed by atoms with Crippen LogP contribution in [0.15, 0.2) is 34.3 Å². The summed E-state index contributed by atoms with van der Waals surface area (Å²) >= 11 is 5.09. The van der Waals surface area contributed by atoms with E-state index in [2.05, 4.69) is 29.0 Å². The van der Waals surface area contributed by atoms with Crippen LogP contribution in [0.4, 0.5) is 11.4 Å². The van der Waals surface area contributed by atoms with Gasteiger partial charge in [0.15, 0.2) is 0 Å². The van der Waals surface area contributed by atoms with E-state index in [1.54, 1.807) is 34.0 Å². The second kappa shape index (κ2) is 4.18. The van der Waals surface area contributed by atoms with Crippen molar-refractivity contribution in [2.24, 2.45) is 0 Å². The highest BCUT2D eigenvalue weighted by Gasteiger charge is 2.15. The van der Waals surface area contributed by atoms with Crippen LogP contribution >= 0.6 is 34.0 Å². The third-order valence-electron chi connectivity index (χ3n) is 2.51. The van der Waals surface area contributed by atoms with Crippen LogP contribution in [0, 0.1) is 0 Å². The van der Waals surface area contributed by atoms with Gasteiger partial charge in [-0.1, -0.05) is 6.07 Å². The van der Waals surface area contributed by atoms with Crippen LogP contribution in [0.25, 0.3) is 20.2 Å². The summed E-state index contributed by atoms with van der Waals surface area (Å²) in [5, 5.41) is 6.09. The highest BCUT2D eigenvalue weighted by molar-refractivity contribution is 7.21. The summed E-state index contributed by atoms with van der Waals surface area (Å²) in [4.78, 5) is 3.63. The Hall–Kier alpha value is -1.30. The number of anilines is 2. The molecule has 17 heavy (non-hydrogen) atoms. The van der Waals surface area contributed by atoms with Crippen molar-refractivity contribution in [1.29, 1.82) is 0 Å². The minimum absolute atomic E-state index is 0.674. The molecule has 0 saturated heterocycles. The highest BCUT2D eigenvalue weighted by atomic mass is 32.1. The molecule has 0 spiro atoms. The van der Waals surface area contributed by atoms with Gasteiger partial charge in [-0.25, -0.2) is 0 Å². The maximum atomic E-state index is 6.01. The number of rotatable bonds is 2. The van der Waals surface area contributed by atoms with Gasteiger partial charge < -0.3 is 11.5 Å². The molecular formula is C12H10N2S3. The Morgan fingerprint density at radius 3 is 2.41 bits per heavy atom. The lowest BCUT2D eigenvalue weighted by atomic mass is 10.2. The first-order valence-electron chi connectivity index (χ1n) is 5.01. The predicted molar refractivity (Wildman–Crippen MR) is 79.8 cm³/mol. The van der Waals surface area contributed by atoms with Gasteiger partial charge in [-0.2, -0.15) is 0 Å². The third kappa shape index (κ3) is 1.76. The van der Waals surface area contributed by atoms with Crippen molar-refractivity contribution in [2.75, 3.05) is 11.5 Å². The number of thiophene rings is 3. The lowest BCUT2D eigenvalue weighted by molar-refractivity contribution is 1.79. The molecule has 0 radical (unpaired) electrons. The van der Waals surface area contributed by atoms with Gasteiger partial charge in [0.25, 0.3) is 0 Å². The summed E-state index contributed by atoms with van der Waals surface area (Å²) in [6.45, 7) is 0. The molecule has 0 aliphatic rings. The lowest BCUT2D eigenvalue weighted by Crippen LogP contribution is -1.90. The van der Waals surface area contributed by atoms with Gasteiger partial charge in [-0.3, -0.25) is 0 Å². The SMILES string of the molecule is Nc1csc(-c2ccsc2-c2cccs2)c1N. The molecule has 0 aliphatic heterocycles. The molecule has 3 aromatic rings. The molecule has 86 valence electrons. The van der Waals surface area contributed by atoms with E-state index in [0.717, 1.165) is 4.88 Å². The molecule has 0 aliphatic carbocycles. The molecule has 0 atom stereocenters. The van der Waals surface area contributed by atoms with E-state index >= 15 is 0 Å². The summed E-state index contributed by atoms with van der Waals surface area (Å²) in [6, 6.07) is 6.31. The molecule has 5 heteroatoms. The van der Waals surface area contributed by atoms with Gasteiger partial charge in [0.1, 0.15) is 0 Å². The maximum Gasteiger partial charge on any atom is 0.0737 e. The molecule has 0 saturated carbocycles. The molecular weight excluding hydrogens is 268 g/mol. The van der Waals surface area contributed by atoms with E-state index in [4.69, 9.17) is 11.5 Å². The van der Waals surface area contributed by atoms with E-state index in [1.165, 1.54) is 15.3 Å². The van der Waals surface area contributed by atoms with E-state index in [0.29, 0.717) is 11.4 Å². The normalized spacial score (nSPS) is 10.8. The van der Waals surface area contributed by atoms with E-state index in [9.17, 15) is 0 Å². The fourth-order valence-electron chi connectivity index (χ4n) is 1.68. The summed E-state index contributed by atoms with van der Waals surface area (Å²) in [5.74, 6) is 0. The Morgan fingerprint density at radius 2 is 1.76 bits per heavy atom. The van der Waals surface area contributed by atoms with E-state index in [1.807, 2.05) is 5.38 Å². The first-order valence-corrected chi connectivity index (χ1v) is 7.65. The van der Waals surface area contributed by atoms with Crippen molar-refractivity contribution in [3.63, 3.8) is 0 Å². The van der Waals surface area contributed by atoms with Crippen LogP contribution in [-0.2, 0) is 0 Å². The minimum atomic E-state index is 0.674. The third-order valence-corrected chi connectivity index (χ3v) is 5.53. The summed E-state index contributed by atoms with van der Waals surface area (Å²) in [5.41, 5.74) is 14.4. The fourth-order valence-corrected chi connectivity index (χ4v) is 4.44. The van der Waals surface area contributed by atoms with Crippen molar-refractivity contribution >= 4 is 45.4 Å². The van der Waals surface area contributed by atoms with Crippen molar-refractivity contribution in [3.05, 3.63) is 34.3 Å². The largest absolute Gasteiger partial charge is 0.396 e. The lowest BCUT2D eigenvalue weighted by Gasteiger charge is -2.01. The Kier molecular flexibility index (Phi) is 2.66. The van der Waals surface area contributed by atoms with Gasteiger partial charge in [-0.05, 0) is 22.9 Å². The number of hydrogen-bond donors (Lipinski definition) is 2. The number of nitrogen functional groups attached to an aromatic ring is 2. The molecule has 0 amide bonds. The molecule has 3 rings (SSSR count). The van der Waals surface area contributed by atoms with Crippen molar-refractivity contribution in [1.82, 2.24) is 0 Å². The van der Waals surface area contributed by atoms with E-state index < -0.39 is 0 Å². The summed E-state index contributed by atoms with van der Waals surface area (Å²) in [7, 11) is 0. The van der Waals surface area contributed by atoms with Crippen LogP contribution in [0.2, 0.25) is 0 Å². The number of hydrogen-bond acceptors (Lipinski definition) is 5. The van der Waals surface area contributed by atoms with Crippen LogP contribution < -0.4 is 11.5 Å². The summed E-state index contributed by atoms with van der Waals surface area (Å²) in [6.07, 6.45) is 0. The topological polar surface area (TPSA) is 52.0 Å². The monoisotopic (exact) mass is 278 g/mol. The zero-order valence-electron chi connectivity index (χ0n) is 8.84. The molecule has 3 heterocycles. The molecule has 0 unspecified atom stereocenters. The van der Waals surface area contributed by atoms with Crippen LogP contribution in [-0.4, -0.2) is 0 Å². The standard InChI is InChI=1S/C12H10N2S3/c13-8-6-17-12(10(8)14)7-3-5-16-11(7)9-2-1-4-15-9/h1-6H,13-14H2. The second-order valence-electron chi connectivity index (χ2n) is 3.57. The first-order chi connectivity index (χ1) is 8.27. The Labute approximate surface area is 111 Å². The fraction of sp³-hybridized carbons (Fsp3) is 0. The predicted octanol–water partition coefficient (Wildman–Crippen LogP) is 4.37. The Balaban J connectivity index is 2.17. The van der Waals surface area contributed by atoms with Gasteiger partial charge >= 0.3 is 0 Å². The molecule has 4 N–H and O–H groups in total. The highest BCUT2D eigenvalue weighted by Crippen LogP contribution is 2.45. The average Bonchev–Trinajstić information content (AvgIpc) is 3.01. The van der Waals surface area contributed by atoms with Crippen molar-refractivity contribution in [3.8, 4) is 20.2 Å². The van der Waals surface area contributed by atoms with Gasteiger partial charge in [0.2, 0.25) is 0 Å². The van der Waals surface area contributed by atoms with Gasteiger partial charge in [0, 0.05) is 15.8 Å². The quantitative estimate of drug-likeness (QED) is 0.731. The molecule has 2 nitrogen and oxygen atoms in total. The molecule has 3 aromatic heterocycles. The Morgan fingerprint density at radius 1 is 0.882 bits per heavy atom. The van der Waals surface area contributed by atoms with Gasteiger partial charge in [-0.15, -0.1) is 34.0 Å². The van der Waals surface area contributed by atoms with Crippen LogP contribution in [0.1, 0.15) is 0 Å². The molecule has 0 bridgehead atoms. The second-order valence-corrected chi connectivity index (χ2v) is 6.32. The zero-order chi connectivity index (χ0) is 11.8. The number of nitrogens with two attached hydrogens (primary N) is 2. The van der Waals surface area contributed by atoms with Crippen LogP contribution in [0.3, 0.4) is 0 Å². The molecule has 0 aromatic carbocycles. The Bertz CT molecular complexity index is 635. The van der Waals surface area contributed by atoms with Crippen LogP contribution in [0.5, 0.6) is 0 Å². The average molecular weight is 278 g/mol. The van der Waals surface area contributed by atoms with Gasteiger partial charge in [0.05, 0.1) is 21.1 Å². The smallest absolute Gasteiger partial charge is 0.0737 e. The first kappa shape index (κ1) is 10.8. The van der Waals surface area contributed by atoms with E-state index in [-0.39, 0.29) is 0 Å². The molecule has 0 fully saturated rings. The maximum absolute atomic E-state index is 6.01. The summed E-state index contributed by atoms with van der Waals surface area (Å²) < 4.78 is 0.